The zero-order valence-corrected chi connectivity index (χ0v) is 16.0. The smallest absolute Gasteiger partial charge is 0.0659 e. The van der Waals surface area contributed by atoms with E-state index >= 15 is 0 Å². The predicted molar refractivity (Wildman–Crippen MR) is 93.5 cm³/mol. The molecule has 0 saturated carbocycles. The fourth-order valence-electron chi connectivity index (χ4n) is 1.92. The van der Waals surface area contributed by atoms with Gasteiger partial charge in [0.1, 0.15) is 0 Å². The van der Waals surface area contributed by atoms with E-state index in [4.69, 9.17) is 11.6 Å². The number of alkyl halides is 1. The van der Waals surface area contributed by atoms with Crippen molar-refractivity contribution in [3.05, 3.63) is 66.6 Å². The van der Waals surface area contributed by atoms with Gasteiger partial charge in [0.2, 0.25) is 0 Å². The molecular weight excluding hydrogens is 455 g/mol. The van der Waals surface area contributed by atoms with Crippen molar-refractivity contribution in [3.8, 4) is 0 Å². The van der Waals surface area contributed by atoms with Crippen LogP contribution >= 0.6 is 59.4 Å². The molecule has 2 rings (SSSR count). The molecule has 0 nitrogen and oxygen atoms in total. The second-order valence-electron chi connectivity index (χ2n) is 4.44. The molecule has 100 valence electrons. The number of halogens is 4. The van der Waals surface area contributed by atoms with Crippen LogP contribution in [0.25, 0.3) is 0 Å². The molecule has 0 aliphatic heterocycles. The van der Waals surface area contributed by atoms with Crippen molar-refractivity contribution in [2.45, 2.75) is 18.7 Å². The Bertz CT molecular complexity index is 623. The van der Waals surface area contributed by atoms with Gasteiger partial charge in [-0.2, -0.15) is 0 Å². The molecule has 0 fully saturated rings. The zero-order valence-electron chi connectivity index (χ0n) is 10.5. The third kappa shape index (κ3) is 3.26. The number of hydrogen-bond donors (Lipinski definition) is 0. The van der Waals surface area contributed by atoms with Crippen molar-refractivity contribution < 1.29 is 0 Å². The second-order valence-corrected chi connectivity index (χ2v) is 7.47. The summed E-state index contributed by atoms with van der Waals surface area (Å²) in [5, 5.41) is 0.796. The number of hydrogen-bond acceptors (Lipinski definition) is 0. The maximum Gasteiger partial charge on any atom is 0.0659 e. The molecule has 0 aliphatic carbocycles. The Morgan fingerprint density at radius 2 is 1.68 bits per heavy atom. The van der Waals surface area contributed by atoms with Crippen molar-refractivity contribution >= 4 is 59.4 Å². The Kier molecular flexibility index (Phi) is 5.15. The molecule has 2 aromatic carbocycles. The lowest BCUT2D eigenvalue weighted by Gasteiger charge is -2.17. The molecule has 1 unspecified atom stereocenters. The van der Waals surface area contributed by atoms with E-state index in [9.17, 15) is 0 Å². The SMILES string of the molecule is Cc1cc(Br)c(C(Br)c2cccc(Cl)c2C)cc1Br. The Hall–Kier alpha value is 0.170. The van der Waals surface area contributed by atoms with Crippen LogP contribution in [0.3, 0.4) is 0 Å². The van der Waals surface area contributed by atoms with Gasteiger partial charge in [0.25, 0.3) is 0 Å². The summed E-state index contributed by atoms with van der Waals surface area (Å²) in [5.41, 5.74) is 4.68. The van der Waals surface area contributed by atoms with Crippen LogP contribution in [-0.2, 0) is 0 Å². The zero-order chi connectivity index (χ0) is 14.2. The minimum absolute atomic E-state index is 0.109. The fraction of sp³-hybridized carbons (Fsp3) is 0.200. The highest BCUT2D eigenvalue weighted by atomic mass is 79.9. The molecule has 0 aliphatic rings. The summed E-state index contributed by atoms with van der Waals surface area (Å²) in [7, 11) is 0. The van der Waals surface area contributed by atoms with Gasteiger partial charge in [-0.3, -0.25) is 0 Å². The maximum atomic E-state index is 6.20. The first-order valence-electron chi connectivity index (χ1n) is 5.76. The third-order valence-electron chi connectivity index (χ3n) is 3.13. The monoisotopic (exact) mass is 464 g/mol. The first-order chi connectivity index (χ1) is 8.91. The van der Waals surface area contributed by atoms with E-state index < -0.39 is 0 Å². The van der Waals surface area contributed by atoms with Crippen LogP contribution in [0.4, 0.5) is 0 Å². The van der Waals surface area contributed by atoms with Crippen LogP contribution in [0.15, 0.2) is 39.3 Å². The predicted octanol–water partition coefficient (Wildman–Crippen LogP) is 6.97. The molecule has 0 bridgehead atoms. The van der Waals surface area contributed by atoms with Gasteiger partial charge in [0.15, 0.2) is 0 Å². The minimum Gasteiger partial charge on any atom is -0.0840 e. The molecule has 0 spiro atoms. The van der Waals surface area contributed by atoms with Gasteiger partial charge in [0.05, 0.1) is 4.83 Å². The molecule has 1 atom stereocenters. The van der Waals surface area contributed by atoms with Crippen LogP contribution in [0.5, 0.6) is 0 Å². The molecule has 19 heavy (non-hydrogen) atoms. The van der Waals surface area contributed by atoms with Crippen molar-refractivity contribution in [2.75, 3.05) is 0 Å². The van der Waals surface area contributed by atoms with Crippen LogP contribution in [0.1, 0.15) is 27.1 Å². The van der Waals surface area contributed by atoms with E-state index in [0.717, 1.165) is 19.5 Å². The van der Waals surface area contributed by atoms with Crippen LogP contribution in [-0.4, -0.2) is 0 Å². The summed E-state index contributed by atoms with van der Waals surface area (Å²) in [6, 6.07) is 10.3. The molecule has 0 heterocycles. The molecule has 0 N–H and O–H groups in total. The molecule has 0 radical (unpaired) electrons. The van der Waals surface area contributed by atoms with Gasteiger partial charge in [-0.15, -0.1) is 0 Å². The third-order valence-corrected chi connectivity index (χ3v) is 6.07. The lowest BCUT2D eigenvalue weighted by molar-refractivity contribution is 1.12. The Morgan fingerprint density at radius 3 is 2.37 bits per heavy atom. The number of benzene rings is 2. The van der Waals surface area contributed by atoms with Crippen LogP contribution in [0, 0.1) is 13.8 Å². The first-order valence-corrected chi connectivity index (χ1v) is 8.64. The summed E-state index contributed by atoms with van der Waals surface area (Å²) >= 11 is 17.2. The Morgan fingerprint density at radius 1 is 1.00 bits per heavy atom. The van der Waals surface area contributed by atoms with Crippen LogP contribution in [0.2, 0.25) is 5.02 Å². The topological polar surface area (TPSA) is 0 Å². The molecule has 0 saturated heterocycles. The molecule has 4 heteroatoms. The van der Waals surface area contributed by atoms with Crippen molar-refractivity contribution in [1.82, 2.24) is 0 Å². The highest BCUT2D eigenvalue weighted by molar-refractivity contribution is 9.11. The van der Waals surface area contributed by atoms with E-state index in [0.29, 0.717) is 0 Å². The Balaban J connectivity index is 2.53. The second kappa shape index (κ2) is 6.30. The fourth-order valence-corrected chi connectivity index (χ4v) is 4.33. The summed E-state index contributed by atoms with van der Waals surface area (Å²) in [5.74, 6) is 0. The van der Waals surface area contributed by atoms with E-state index in [1.165, 1.54) is 16.7 Å². The minimum atomic E-state index is 0.109. The quantitative estimate of drug-likeness (QED) is 0.419. The van der Waals surface area contributed by atoms with E-state index in [2.05, 4.69) is 72.9 Å². The average molecular weight is 467 g/mol. The largest absolute Gasteiger partial charge is 0.0840 e. The first kappa shape index (κ1) is 15.6. The standard InChI is InChI=1S/C15H12Br3Cl/c1-8-6-13(17)11(7-12(8)16)15(18)10-4-3-5-14(19)9(10)2/h3-7,15H,1-2H3. The number of rotatable bonds is 2. The average Bonchev–Trinajstić information content (AvgIpc) is 2.36. The van der Waals surface area contributed by atoms with E-state index in [1.54, 1.807) is 0 Å². The maximum absolute atomic E-state index is 6.20. The van der Waals surface area contributed by atoms with Gasteiger partial charge >= 0.3 is 0 Å². The summed E-state index contributed by atoms with van der Waals surface area (Å²) in [6.45, 7) is 4.12. The summed E-state index contributed by atoms with van der Waals surface area (Å²) in [4.78, 5) is 0.109. The van der Waals surface area contributed by atoms with Gasteiger partial charge in [-0.1, -0.05) is 71.5 Å². The van der Waals surface area contributed by atoms with Gasteiger partial charge in [-0.25, -0.2) is 0 Å². The van der Waals surface area contributed by atoms with E-state index in [1.807, 2.05) is 19.1 Å². The summed E-state index contributed by atoms with van der Waals surface area (Å²) < 4.78 is 2.20. The Labute approximate surface area is 143 Å². The van der Waals surface area contributed by atoms with Crippen LogP contribution < -0.4 is 0 Å². The van der Waals surface area contributed by atoms with Crippen molar-refractivity contribution in [1.29, 1.82) is 0 Å². The molecule has 0 amide bonds. The highest BCUT2D eigenvalue weighted by Gasteiger charge is 2.17. The lowest BCUT2D eigenvalue weighted by atomic mass is 10.00. The molecule has 2 aromatic rings. The highest BCUT2D eigenvalue weighted by Crippen LogP contribution is 2.40. The van der Waals surface area contributed by atoms with Gasteiger partial charge < -0.3 is 0 Å². The van der Waals surface area contributed by atoms with Crippen molar-refractivity contribution in [2.24, 2.45) is 0 Å². The number of aryl methyl sites for hydroxylation is 1. The van der Waals surface area contributed by atoms with E-state index in [-0.39, 0.29) is 4.83 Å². The van der Waals surface area contributed by atoms with Crippen molar-refractivity contribution in [3.63, 3.8) is 0 Å². The molecular formula is C15H12Br3Cl. The molecule has 0 aromatic heterocycles. The van der Waals surface area contributed by atoms with Gasteiger partial charge in [-0.05, 0) is 54.3 Å². The summed E-state index contributed by atoms with van der Waals surface area (Å²) in [6.07, 6.45) is 0. The van der Waals surface area contributed by atoms with Gasteiger partial charge in [0, 0.05) is 14.0 Å². The lowest BCUT2D eigenvalue weighted by Crippen LogP contribution is -1.98. The normalized spacial score (nSPS) is 12.5.